The van der Waals surface area contributed by atoms with Gasteiger partial charge >= 0.3 is 12.1 Å². The topological polar surface area (TPSA) is 88.7 Å². The quantitative estimate of drug-likeness (QED) is 0.183. The van der Waals surface area contributed by atoms with Crippen molar-refractivity contribution >= 4 is 34.8 Å². The summed E-state index contributed by atoms with van der Waals surface area (Å²) in [7, 11) is 3.84. The predicted octanol–water partition coefficient (Wildman–Crippen LogP) is 9.73. The first-order valence-corrected chi connectivity index (χ1v) is 19.2. The molecule has 48 heavy (non-hydrogen) atoms. The standard InChI is InChI=1S/C40H62N6O2/c1-5-29-21-23-35(37(25-29)41-3)43-39(47)45(33-13-9-7-10-14-33)27-31-17-19-32(20-18-31)28-46(34-15-11-8-12-16-34)40(48)44-36-24-22-30(6-2)26-38(36)42-4/h21-26,31-34,41-42H,5-20,27-28H2,1-4H3,(H,43,47)(H,44,48). The van der Waals surface area contributed by atoms with Crippen molar-refractivity contribution in [2.75, 3.05) is 48.5 Å². The normalized spacial score (nSPS) is 20.5. The lowest BCUT2D eigenvalue weighted by atomic mass is 9.80. The van der Waals surface area contributed by atoms with Gasteiger partial charge in [-0.3, -0.25) is 0 Å². The molecule has 5 rings (SSSR count). The maximum absolute atomic E-state index is 13.9. The van der Waals surface area contributed by atoms with Gasteiger partial charge in [0.1, 0.15) is 0 Å². The molecule has 8 nitrogen and oxygen atoms in total. The second kappa shape index (κ2) is 17.8. The number of benzene rings is 2. The first-order chi connectivity index (χ1) is 23.4. The molecule has 4 N–H and O–H groups in total. The van der Waals surface area contributed by atoms with Crippen LogP contribution >= 0.6 is 0 Å². The second-order valence-electron chi connectivity index (χ2n) is 14.6. The van der Waals surface area contributed by atoms with Crippen molar-refractivity contribution in [2.24, 2.45) is 11.8 Å². The Morgan fingerprint density at radius 1 is 0.562 bits per heavy atom. The van der Waals surface area contributed by atoms with Crippen LogP contribution in [-0.2, 0) is 12.8 Å². The van der Waals surface area contributed by atoms with Gasteiger partial charge in [-0.2, -0.15) is 0 Å². The summed E-state index contributed by atoms with van der Waals surface area (Å²) in [6.07, 6.45) is 18.1. The van der Waals surface area contributed by atoms with Crippen molar-refractivity contribution in [3.8, 4) is 0 Å². The summed E-state index contributed by atoms with van der Waals surface area (Å²) in [6, 6.07) is 13.3. The zero-order valence-corrected chi connectivity index (χ0v) is 30.2. The molecule has 2 aromatic rings. The van der Waals surface area contributed by atoms with Gasteiger partial charge in [0.25, 0.3) is 0 Å². The largest absolute Gasteiger partial charge is 0.386 e. The van der Waals surface area contributed by atoms with Gasteiger partial charge in [-0.15, -0.1) is 0 Å². The lowest BCUT2D eigenvalue weighted by Crippen LogP contribution is -2.48. The molecule has 3 fully saturated rings. The molecule has 0 heterocycles. The van der Waals surface area contributed by atoms with E-state index in [-0.39, 0.29) is 12.1 Å². The van der Waals surface area contributed by atoms with E-state index in [4.69, 9.17) is 0 Å². The molecule has 0 atom stereocenters. The highest BCUT2D eigenvalue weighted by atomic mass is 16.2. The van der Waals surface area contributed by atoms with Crippen molar-refractivity contribution in [3.63, 3.8) is 0 Å². The molecule has 0 saturated heterocycles. The van der Waals surface area contributed by atoms with E-state index in [9.17, 15) is 9.59 Å². The lowest BCUT2D eigenvalue weighted by Gasteiger charge is -2.40. The SMILES string of the molecule is CCc1ccc(NC(=O)N(CC2CCC(CN(C(=O)Nc3ccc(CC)cc3NC)C3CCCCC3)CC2)C2CCCCC2)c(NC)c1. The molecule has 3 aliphatic carbocycles. The van der Waals surface area contributed by atoms with E-state index in [0.717, 1.165) is 100 Å². The van der Waals surface area contributed by atoms with E-state index in [1.165, 1.54) is 49.7 Å². The van der Waals surface area contributed by atoms with Crippen LogP contribution in [0, 0.1) is 11.8 Å². The summed E-state index contributed by atoms with van der Waals surface area (Å²) in [5.41, 5.74) is 6.16. The highest BCUT2D eigenvalue weighted by Gasteiger charge is 2.33. The fourth-order valence-corrected chi connectivity index (χ4v) is 8.36. The third kappa shape index (κ3) is 9.38. The highest BCUT2D eigenvalue weighted by molar-refractivity contribution is 5.94. The summed E-state index contributed by atoms with van der Waals surface area (Å²) < 4.78 is 0. The van der Waals surface area contributed by atoms with Crippen LogP contribution in [0.15, 0.2) is 36.4 Å². The maximum Gasteiger partial charge on any atom is 0.322 e. The number of urea groups is 2. The third-order valence-corrected chi connectivity index (χ3v) is 11.4. The van der Waals surface area contributed by atoms with Gasteiger partial charge < -0.3 is 31.1 Å². The van der Waals surface area contributed by atoms with Gasteiger partial charge in [-0.1, -0.05) is 64.5 Å². The molecule has 0 aliphatic heterocycles. The van der Waals surface area contributed by atoms with Gasteiger partial charge in [-0.25, -0.2) is 9.59 Å². The molecule has 2 aromatic carbocycles. The van der Waals surface area contributed by atoms with Crippen molar-refractivity contribution in [2.45, 2.75) is 129 Å². The fraction of sp³-hybridized carbons (Fsp3) is 0.650. The molecule has 3 saturated carbocycles. The van der Waals surface area contributed by atoms with Crippen molar-refractivity contribution in [1.82, 2.24) is 9.80 Å². The van der Waals surface area contributed by atoms with Gasteiger partial charge in [0, 0.05) is 39.3 Å². The molecule has 264 valence electrons. The van der Waals surface area contributed by atoms with Crippen LogP contribution in [0.1, 0.15) is 115 Å². The van der Waals surface area contributed by atoms with E-state index in [1.807, 2.05) is 26.2 Å². The average molecular weight is 659 g/mol. The van der Waals surface area contributed by atoms with E-state index in [2.05, 4.69) is 69.2 Å². The highest BCUT2D eigenvalue weighted by Crippen LogP contribution is 2.35. The van der Waals surface area contributed by atoms with Crippen LogP contribution in [0.3, 0.4) is 0 Å². The number of aryl methyl sites for hydroxylation is 2. The number of nitrogens with one attached hydrogen (secondary N) is 4. The Kier molecular flexibility index (Phi) is 13.3. The minimum absolute atomic E-state index is 0.0397. The molecule has 0 radical (unpaired) electrons. The van der Waals surface area contributed by atoms with Crippen LogP contribution in [0.4, 0.5) is 32.3 Å². The number of carbonyl (C=O) groups excluding carboxylic acids is 2. The fourth-order valence-electron chi connectivity index (χ4n) is 8.36. The number of anilines is 4. The summed E-state index contributed by atoms with van der Waals surface area (Å²) in [6.45, 7) is 5.94. The molecule has 4 amide bonds. The Labute approximate surface area is 290 Å². The van der Waals surface area contributed by atoms with Crippen LogP contribution in [0.2, 0.25) is 0 Å². The summed E-state index contributed by atoms with van der Waals surface area (Å²) >= 11 is 0. The van der Waals surface area contributed by atoms with Crippen molar-refractivity contribution in [1.29, 1.82) is 0 Å². The Hall–Kier alpha value is -3.42. The van der Waals surface area contributed by atoms with Crippen molar-refractivity contribution < 1.29 is 9.59 Å². The van der Waals surface area contributed by atoms with Crippen molar-refractivity contribution in [3.05, 3.63) is 47.5 Å². The number of hydrogen-bond acceptors (Lipinski definition) is 4. The van der Waals surface area contributed by atoms with Crippen LogP contribution in [-0.4, -0.2) is 61.1 Å². The number of rotatable bonds is 12. The maximum atomic E-state index is 13.9. The first-order valence-electron chi connectivity index (χ1n) is 19.2. The number of nitrogens with zero attached hydrogens (tertiary/aromatic N) is 2. The average Bonchev–Trinajstić information content (AvgIpc) is 3.14. The van der Waals surface area contributed by atoms with E-state index in [0.29, 0.717) is 23.9 Å². The molecular formula is C40H62N6O2. The minimum Gasteiger partial charge on any atom is -0.386 e. The number of amides is 4. The molecule has 8 heteroatoms. The molecular weight excluding hydrogens is 596 g/mol. The van der Waals surface area contributed by atoms with Gasteiger partial charge in [-0.05, 0) is 111 Å². The van der Waals surface area contributed by atoms with Crippen LogP contribution in [0.25, 0.3) is 0 Å². The molecule has 0 spiro atoms. The summed E-state index contributed by atoms with van der Waals surface area (Å²) in [5, 5.41) is 13.1. The Bertz CT molecular complexity index is 1230. The Balaban J connectivity index is 1.22. The van der Waals surface area contributed by atoms with E-state index >= 15 is 0 Å². The van der Waals surface area contributed by atoms with Gasteiger partial charge in [0.15, 0.2) is 0 Å². The van der Waals surface area contributed by atoms with Crippen LogP contribution < -0.4 is 21.3 Å². The predicted molar refractivity (Wildman–Crippen MR) is 201 cm³/mol. The molecule has 0 aromatic heterocycles. The number of carbonyl (C=O) groups is 2. The van der Waals surface area contributed by atoms with Crippen LogP contribution in [0.5, 0.6) is 0 Å². The van der Waals surface area contributed by atoms with Gasteiger partial charge in [0.05, 0.1) is 22.7 Å². The molecule has 0 unspecified atom stereocenters. The zero-order chi connectivity index (χ0) is 33.9. The number of hydrogen-bond donors (Lipinski definition) is 4. The minimum atomic E-state index is 0.0397. The third-order valence-electron chi connectivity index (χ3n) is 11.4. The van der Waals surface area contributed by atoms with E-state index < -0.39 is 0 Å². The van der Waals surface area contributed by atoms with Gasteiger partial charge in [0.2, 0.25) is 0 Å². The first kappa shape index (κ1) is 35.9. The monoisotopic (exact) mass is 658 g/mol. The summed E-state index contributed by atoms with van der Waals surface area (Å²) in [4.78, 5) is 32.2. The molecule has 0 bridgehead atoms. The Morgan fingerprint density at radius 2 is 0.938 bits per heavy atom. The second-order valence-corrected chi connectivity index (χ2v) is 14.6. The zero-order valence-electron chi connectivity index (χ0n) is 30.2. The summed E-state index contributed by atoms with van der Waals surface area (Å²) in [5.74, 6) is 0.986. The Morgan fingerprint density at radius 3 is 1.27 bits per heavy atom. The smallest absolute Gasteiger partial charge is 0.322 e. The van der Waals surface area contributed by atoms with E-state index in [1.54, 1.807) is 0 Å². The lowest BCUT2D eigenvalue weighted by molar-refractivity contribution is 0.117. The molecule has 3 aliphatic rings.